The molecular weight excluding hydrogens is 246 g/mol. The molecule has 0 bridgehead atoms. The summed E-state index contributed by atoms with van der Waals surface area (Å²) in [5.41, 5.74) is 4.02. The van der Waals surface area contributed by atoms with E-state index in [2.05, 4.69) is 11.1 Å². The van der Waals surface area contributed by atoms with Gasteiger partial charge in [-0.2, -0.15) is 0 Å². The van der Waals surface area contributed by atoms with Crippen LogP contribution in [0.1, 0.15) is 22.9 Å². The van der Waals surface area contributed by atoms with Crippen molar-refractivity contribution in [3.8, 4) is 0 Å². The summed E-state index contributed by atoms with van der Waals surface area (Å²) in [6.45, 7) is 2.04. The Bertz CT molecular complexity index is 719. The molecule has 0 radical (unpaired) electrons. The average molecular weight is 263 g/mol. The highest BCUT2D eigenvalue weighted by Gasteiger charge is 2.09. The molecule has 1 heterocycles. The number of aliphatic hydroxyl groups excluding tert-OH is 1. The fraction of sp³-hybridized carbons (Fsp3) is 0.167. The van der Waals surface area contributed by atoms with Crippen LogP contribution in [0, 0.1) is 6.92 Å². The number of aromatic nitrogens is 1. The van der Waals surface area contributed by atoms with Gasteiger partial charge < -0.3 is 5.11 Å². The van der Waals surface area contributed by atoms with E-state index < -0.39 is 6.10 Å². The van der Waals surface area contributed by atoms with Gasteiger partial charge in [-0.05, 0) is 24.6 Å². The summed E-state index contributed by atoms with van der Waals surface area (Å²) in [4.78, 5) is 4.60. The lowest BCUT2D eigenvalue weighted by Crippen LogP contribution is -2.03. The van der Waals surface area contributed by atoms with Crippen molar-refractivity contribution in [3.05, 3.63) is 77.5 Å². The van der Waals surface area contributed by atoms with Gasteiger partial charge in [0.2, 0.25) is 0 Å². The Kier molecular flexibility index (Phi) is 3.48. The molecule has 3 aromatic rings. The molecule has 2 aromatic carbocycles. The van der Waals surface area contributed by atoms with Gasteiger partial charge in [0, 0.05) is 17.5 Å². The first-order valence-electron chi connectivity index (χ1n) is 6.82. The molecule has 2 heteroatoms. The number of hydrogen-bond donors (Lipinski definition) is 1. The summed E-state index contributed by atoms with van der Waals surface area (Å²) >= 11 is 0. The van der Waals surface area contributed by atoms with E-state index in [0.29, 0.717) is 6.42 Å². The smallest absolute Gasteiger partial charge is 0.0845 e. The third kappa shape index (κ3) is 2.70. The zero-order valence-corrected chi connectivity index (χ0v) is 11.5. The number of rotatable bonds is 3. The lowest BCUT2D eigenvalue weighted by molar-refractivity contribution is 0.177. The molecule has 2 nitrogen and oxygen atoms in total. The Morgan fingerprint density at radius 1 is 0.950 bits per heavy atom. The molecule has 0 fully saturated rings. The minimum atomic E-state index is -0.510. The van der Waals surface area contributed by atoms with Crippen molar-refractivity contribution in [2.24, 2.45) is 0 Å². The van der Waals surface area contributed by atoms with Crippen LogP contribution in [-0.2, 0) is 6.42 Å². The summed E-state index contributed by atoms with van der Waals surface area (Å²) in [6, 6.07) is 20.1. The van der Waals surface area contributed by atoms with E-state index in [-0.39, 0.29) is 0 Å². The van der Waals surface area contributed by atoms with Gasteiger partial charge in [-0.1, -0.05) is 54.1 Å². The fourth-order valence-corrected chi connectivity index (χ4v) is 2.33. The molecule has 0 aliphatic carbocycles. The molecule has 0 spiro atoms. The van der Waals surface area contributed by atoms with Crippen LogP contribution in [0.5, 0.6) is 0 Å². The normalized spacial score (nSPS) is 12.5. The highest BCUT2D eigenvalue weighted by Crippen LogP contribution is 2.19. The van der Waals surface area contributed by atoms with Gasteiger partial charge in [-0.15, -0.1) is 0 Å². The second-order valence-electron chi connectivity index (χ2n) is 5.13. The molecule has 20 heavy (non-hydrogen) atoms. The first-order valence-corrected chi connectivity index (χ1v) is 6.82. The molecule has 0 aliphatic rings. The van der Waals surface area contributed by atoms with Crippen molar-refractivity contribution in [1.29, 1.82) is 0 Å². The molecule has 0 saturated heterocycles. The van der Waals surface area contributed by atoms with E-state index in [9.17, 15) is 5.11 Å². The number of nitrogens with zero attached hydrogens (tertiary/aromatic N) is 1. The molecule has 1 unspecified atom stereocenters. The maximum absolute atomic E-state index is 10.3. The molecular formula is C18H17NO. The minimum absolute atomic E-state index is 0.510. The lowest BCUT2D eigenvalue weighted by atomic mass is 10.0. The van der Waals surface area contributed by atoms with E-state index in [0.717, 1.165) is 22.2 Å². The van der Waals surface area contributed by atoms with Crippen LogP contribution in [0.3, 0.4) is 0 Å². The SMILES string of the molecule is Cc1ccc(C(O)Cc2ccc3ccccc3n2)cc1. The van der Waals surface area contributed by atoms with E-state index in [4.69, 9.17) is 0 Å². The Hall–Kier alpha value is -2.19. The number of hydrogen-bond acceptors (Lipinski definition) is 2. The number of aryl methyl sites for hydroxylation is 1. The summed E-state index contributed by atoms with van der Waals surface area (Å²) in [7, 11) is 0. The predicted octanol–water partition coefficient (Wildman–Crippen LogP) is 3.82. The van der Waals surface area contributed by atoms with Crippen LogP contribution in [0.25, 0.3) is 10.9 Å². The number of benzene rings is 2. The maximum atomic E-state index is 10.3. The minimum Gasteiger partial charge on any atom is -0.388 e. The monoisotopic (exact) mass is 263 g/mol. The van der Waals surface area contributed by atoms with Gasteiger partial charge in [0.1, 0.15) is 0 Å². The summed E-state index contributed by atoms with van der Waals surface area (Å²) < 4.78 is 0. The van der Waals surface area contributed by atoms with Crippen LogP contribution in [0.2, 0.25) is 0 Å². The number of para-hydroxylation sites is 1. The van der Waals surface area contributed by atoms with Crippen LogP contribution in [0.15, 0.2) is 60.7 Å². The van der Waals surface area contributed by atoms with Gasteiger partial charge in [0.25, 0.3) is 0 Å². The van der Waals surface area contributed by atoms with Gasteiger partial charge in [0.15, 0.2) is 0 Å². The van der Waals surface area contributed by atoms with Gasteiger partial charge in [0.05, 0.1) is 11.6 Å². The highest BCUT2D eigenvalue weighted by molar-refractivity contribution is 5.78. The topological polar surface area (TPSA) is 33.1 Å². The van der Waals surface area contributed by atoms with E-state index in [1.807, 2.05) is 61.5 Å². The van der Waals surface area contributed by atoms with E-state index in [1.54, 1.807) is 0 Å². The largest absolute Gasteiger partial charge is 0.388 e. The third-order valence-corrected chi connectivity index (χ3v) is 3.52. The average Bonchev–Trinajstić information content (AvgIpc) is 2.48. The van der Waals surface area contributed by atoms with Gasteiger partial charge in [-0.3, -0.25) is 4.98 Å². The molecule has 3 rings (SSSR count). The second-order valence-corrected chi connectivity index (χ2v) is 5.13. The van der Waals surface area contributed by atoms with Gasteiger partial charge in [-0.25, -0.2) is 0 Å². The number of pyridine rings is 1. The van der Waals surface area contributed by atoms with Crippen LogP contribution >= 0.6 is 0 Å². The van der Waals surface area contributed by atoms with E-state index >= 15 is 0 Å². The van der Waals surface area contributed by atoms with Crippen molar-refractivity contribution in [2.75, 3.05) is 0 Å². The highest BCUT2D eigenvalue weighted by atomic mass is 16.3. The number of fused-ring (bicyclic) bond motifs is 1. The molecule has 0 saturated carbocycles. The number of aliphatic hydroxyl groups is 1. The second kappa shape index (κ2) is 5.43. The Morgan fingerprint density at radius 3 is 2.50 bits per heavy atom. The molecule has 1 atom stereocenters. The Morgan fingerprint density at radius 2 is 1.70 bits per heavy atom. The summed E-state index contributed by atoms with van der Waals surface area (Å²) in [6.07, 6.45) is 0.0257. The van der Waals surface area contributed by atoms with Crippen LogP contribution in [-0.4, -0.2) is 10.1 Å². The lowest BCUT2D eigenvalue weighted by Gasteiger charge is -2.11. The van der Waals surface area contributed by atoms with E-state index in [1.165, 1.54) is 5.56 Å². The molecule has 1 N–H and O–H groups in total. The third-order valence-electron chi connectivity index (χ3n) is 3.52. The van der Waals surface area contributed by atoms with Crippen molar-refractivity contribution >= 4 is 10.9 Å². The first kappa shape index (κ1) is 12.8. The van der Waals surface area contributed by atoms with Gasteiger partial charge >= 0.3 is 0 Å². The van der Waals surface area contributed by atoms with Crippen molar-refractivity contribution in [2.45, 2.75) is 19.4 Å². The standard InChI is InChI=1S/C18H17NO/c1-13-6-8-15(9-7-13)18(20)12-16-11-10-14-4-2-3-5-17(14)19-16/h2-11,18,20H,12H2,1H3. The predicted molar refractivity (Wildman–Crippen MR) is 81.6 cm³/mol. The molecule has 1 aromatic heterocycles. The zero-order chi connectivity index (χ0) is 13.9. The summed E-state index contributed by atoms with van der Waals surface area (Å²) in [5.74, 6) is 0. The van der Waals surface area contributed by atoms with Crippen molar-refractivity contribution in [1.82, 2.24) is 4.98 Å². The zero-order valence-electron chi connectivity index (χ0n) is 11.5. The quantitative estimate of drug-likeness (QED) is 0.779. The Labute approximate surface area is 118 Å². The molecule has 0 amide bonds. The first-order chi connectivity index (χ1) is 9.72. The summed E-state index contributed by atoms with van der Waals surface area (Å²) in [5, 5.41) is 11.4. The van der Waals surface area contributed by atoms with Crippen molar-refractivity contribution < 1.29 is 5.11 Å². The maximum Gasteiger partial charge on any atom is 0.0845 e. The van der Waals surface area contributed by atoms with Crippen molar-refractivity contribution in [3.63, 3.8) is 0 Å². The molecule has 0 aliphatic heterocycles. The molecule has 100 valence electrons. The van der Waals surface area contributed by atoms with Crippen LogP contribution < -0.4 is 0 Å². The fourth-order valence-electron chi connectivity index (χ4n) is 2.33. The van der Waals surface area contributed by atoms with Crippen LogP contribution in [0.4, 0.5) is 0 Å². The Balaban J connectivity index is 1.83.